The summed E-state index contributed by atoms with van der Waals surface area (Å²) < 4.78 is 0. The van der Waals surface area contributed by atoms with E-state index in [1.807, 2.05) is 0 Å². The zero-order chi connectivity index (χ0) is 15.4. The molecule has 0 unspecified atom stereocenters. The lowest BCUT2D eigenvalue weighted by Crippen LogP contribution is -2.38. The van der Waals surface area contributed by atoms with Crippen molar-refractivity contribution in [1.82, 2.24) is 4.90 Å². The van der Waals surface area contributed by atoms with Crippen molar-refractivity contribution in [2.24, 2.45) is 23.7 Å². The van der Waals surface area contributed by atoms with Gasteiger partial charge in [0, 0.05) is 10.0 Å². The molecule has 0 N–H and O–H groups in total. The molecule has 2 amide bonds. The summed E-state index contributed by atoms with van der Waals surface area (Å²) in [4.78, 5) is 26.8. The molecule has 5 heteroatoms. The summed E-state index contributed by atoms with van der Waals surface area (Å²) in [6, 6.07) is 5.15. The monoisotopic (exact) mass is 335 g/mol. The molecule has 4 aliphatic rings. The summed E-state index contributed by atoms with van der Waals surface area (Å²) in [5.41, 5.74) is 0.756. The number of hydrogen-bond donors (Lipinski definition) is 0. The number of allylic oxidation sites excluding steroid dienone is 2. The summed E-state index contributed by atoms with van der Waals surface area (Å²) in [7, 11) is 0. The van der Waals surface area contributed by atoms with E-state index in [0.29, 0.717) is 10.0 Å². The maximum Gasteiger partial charge on any atom is 0.234 e. The molecule has 1 aromatic carbocycles. The van der Waals surface area contributed by atoms with Crippen molar-refractivity contribution in [2.45, 2.75) is 19.4 Å². The zero-order valence-corrected chi connectivity index (χ0v) is 13.3. The van der Waals surface area contributed by atoms with Gasteiger partial charge < -0.3 is 0 Å². The molecule has 0 aromatic heterocycles. The standard InChI is InChI=1S/C17H15Cl2NO2/c18-12-6-5-11(13(19)7-12)8-20-16(21)14-9-1-2-10(4-3-9)15(14)17(20)22/h1-2,5-7,9-10,14-15H,3-4,8H2/t9-,10-,14+,15+/m0/s1. The third kappa shape index (κ3) is 2.03. The van der Waals surface area contributed by atoms with Gasteiger partial charge in [-0.1, -0.05) is 41.4 Å². The molecule has 1 heterocycles. The van der Waals surface area contributed by atoms with Gasteiger partial charge in [-0.15, -0.1) is 0 Å². The highest BCUT2D eigenvalue weighted by atomic mass is 35.5. The minimum Gasteiger partial charge on any atom is -0.278 e. The normalized spacial score (nSPS) is 32.7. The summed E-state index contributed by atoms with van der Waals surface area (Å²) in [5, 5.41) is 1.04. The number of fused-ring (bicyclic) bond motifs is 1. The first kappa shape index (κ1) is 14.3. The van der Waals surface area contributed by atoms with Crippen molar-refractivity contribution in [3.63, 3.8) is 0 Å². The summed E-state index contributed by atoms with van der Waals surface area (Å²) in [6.45, 7) is 0.236. The minimum absolute atomic E-state index is 0.0416. The van der Waals surface area contributed by atoms with Crippen LogP contribution in [0.2, 0.25) is 10.0 Å². The fourth-order valence-electron chi connectivity index (χ4n) is 4.11. The van der Waals surface area contributed by atoms with Crippen molar-refractivity contribution in [3.8, 4) is 0 Å². The number of benzene rings is 1. The number of carbonyl (C=O) groups is 2. The third-order valence-corrected chi connectivity index (χ3v) is 5.78. The van der Waals surface area contributed by atoms with Crippen molar-refractivity contribution in [1.29, 1.82) is 0 Å². The summed E-state index contributed by atoms with van der Waals surface area (Å²) in [6.07, 6.45) is 6.27. The van der Waals surface area contributed by atoms with Gasteiger partial charge in [-0.3, -0.25) is 14.5 Å². The van der Waals surface area contributed by atoms with Crippen LogP contribution in [-0.4, -0.2) is 16.7 Å². The molecule has 4 atom stereocenters. The van der Waals surface area contributed by atoms with Gasteiger partial charge in [-0.25, -0.2) is 0 Å². The predicted molar refractivity (Wildman–Crippen MR) is 84.4 cm³/mol. The predicted octanol–water partition coefficient (Wildman–Crippen LogP) is 3.69. The maximum absolute atomic E-state index is 12.7. The van der Waals surface area contributed by atoms with Gasteiger partial charge in [0.25, 0.3) is 0 Å². The highest BCUT2D eigenvalue weighted by Crippen LogP contribution is 2.49. The quantitative estimate of drug-likeness (QED) is 0.610. The number of likely N-dealkylation sites (tertiary alicyclic amines) is 1. The highest BCUT2D eigenvalue weighted by Gasteiger charge is 2.56. The van der Waals surface area contributed by atoms with Gasteiger partial charge in [-0.2, -0.15) is 0 Å². The molecule has 3 nitrogen and oxygen atoms in total. The van der Waals surface area contributed by atoms with E-state index >= 15 is 0 Å². The van der Waals surface area contributed by atoms with E-state index in [1.54, 1.807) is 18.2 Å². The molecule has 0 radical (unpaired) electrons. The van der Waals surface area contributed by atoms with Crippen molar-refractivity contribution >= 4 is 35.0 Å². The van der Waals surface area contributed by atoms with Gasteiger partial charge >= 0.3 is 0 Å². The van der Waals surface area contributed by atoms with Gasteiger partial charge in [0.1, 0.15) is 0 Å². The Labute approximate surface area is 138 Å². The molecule has 3 aliphatic carbocycles. The second-order valence-corrected chi connectivity index (χ2v) is 7.18. The smallest absolute Gasteiger partial charge is 0.234 e. The average molecular weight is 336 g/mol. The number of halogens is 2. The Balaban J connectivity index is 1.64. The van der Waals surface area contributed by atoms with Crippen LogP contribution in [0.3, 0.4) is 0 Å². The molecule has 2 fully saturated rings. The second-order valence-electron chi connectivity index (χ2n) is 6.34. The van der Waals surface area contributed by atoms with E-state index in [4.69, 9.17) is 23.2 Å². The fourth-order valence-corrected chi connectivity index (χ4v) is 4.58. The Morgan fingerprint density at radius 2 is 1.59 bits per heavy atom. The first-order valence-electron chi connectivity index (χ1n) is 7.54. The largest absolute Gasteiger partial charge is 0.278 e. The first-order chi connectivity index (χ1) is 10.6. The zero-order valence-electron chi connectivity index (χ0n) is 11.8. The number of hydrogen-bond acceptors (Lipinski definition) is 2. The molecular formula is C17H15Cl2NO2. The molecule has 0 spiro atoms. The van der Waals surface area contributed by atoms with Crippen LogP contribution in [0.15, 0.2) is 30.4 Å². The van der Waals surface area contributed by atoms with Crippen LogP contribution in [0.25, 0.3) is 0 Å². The molecule has 1 aromatic rings. The van der Waals surface area contributed by atoms with Crippen molar-refractivity contribution in [3.05, 3.63) is 46.0 Å². The van der Waals surface area contributed by atoms with Crippen LogP contribution in [0, 0.1) is 23.7 Å². The van der Waals surface area contributed by atoms with Crippen molar-refractivity contribution < 1.29 is 9.59 Å². The van der Waals surface area contributed by atoms with E-state index in [0.717, 1.165) is 18.4 Å². The molecule has 114 valence electrons. The maximum atomic E-state index is 12.7. The number of carbonyl (C=O) groups excluding carboxylic acids is 2. The first-order valence-corrected chi connectivity index (χ1v) is 8.29. The van der Waals surface area contributed by atoms with E-state index in [2.05, 4.69) is 12.2 Å². The van der Waals surface area contributed by atoms with E-state index in [-0.39, 0.29) is 42.0 Å². The lowest BCUT2D eigenvalue weighted by Gasteiger charge is -2.38. The SMILES string of the molecule is O=C1[C@H]2[C@H](C(=O)N1Cc1ccc(Cl)cc1Cl)[C@H]1C=C[C@H]2CC1. The molecule has 1 saturated heterocycles. The summed E-state index contributed by atoms with van der Waals surface area (Å²) in [5.74, 6) is 0.0269. The van der Waals surface area contributed by atoms with Crippen LogP contribution >= 0.6 is 23.2 Å². The highest BCUT2D eigenvalue weighted by molar-refractivity contribution is 6.35. The van der Waals surface area contributed by atoms with Crippen LogP contribution < -0.4 is 0 Å². The lowest BCUT2D eigenvalue weighted by atomic mass is 9.63. The Kier molecular flexibility index (Phi) is 3.31. The van der Waals surface area contributed by atoms with Crippen LogP contribution in [0.1, 0.15) is 18.4 Å². The van der Waals surface area contributed by atoms with Gasteiger partial charge in [0.15, 0.2) is 0 Å². The lowest BCUT2D eigenvalue weighted by molar-refractivity contribution is -0.140. The Bertz CT molecular complexity index is 668. The molecule has 22 heavy (non-hydrogen) atoms. The van der Waals surface area contributed by atoms with Crippen LogP contribution in [-0.2, 0) is 16.1 Å². The number of amides is 2. The van der Waals surface area contributed by atoms with Gasteiger partial charge in [0.05, 0.1) is 18.4 Å². The number of imide groups is 1. The Hall–Kier alpha value is -1.32. The van der Waals surface area contributed by atoms with Crippen LogP contribution in [0.4, 0.5) is 0 Å². The molecule has 2 bridgehead atoms. The topological polar surface area (TPSA) is 37.4 Å². The van der Waals surface area contributed by atoms with E-state index < -0.39 is 0 Å². The summed E-state index contributed by atoms with van der Waals surface area (Å²) >= 11 is 12.1. The molecule has 1 aliphatic heterocycles. The van der Waals surface area contributed by atoms with Crippen molar-refractivity contribution in [2.75, 3.05) is 0 Å². The van der Waals surface area contributed by atoms with E-state index in [1.165, 1.54) is 4.90 Å². The Morgan fingerprint density at radius 3 is 2.09 bits per heavy atom. The van der Waals surface area contributed by atoms with Gasteiger partial charge in [0.2, 0.25) is 11.8 Å². The minimum atomic E-state index is -0.165. The molecular weight excluding hydrogens is 321 g/mol. The van der Waals surface area contributed by atoms with Gasteiger partial charge in [-0.05, 0) is 42.4 Å². The Morgan fingerprint density at radius 1 is 1.00 bits per heavy atom. The molecule has 1 saturated carbocycles. The molecule has 5 rings (SSSR count). The van der Waals surface area contributed by atoms with E-state index in [9.17, 15) is 9.59 Å². The third-order valence-electron chi connectivity index (χ3n) is 5.19. The fraction of sp³-hybridized carbons (Fsp3) is 0.412. The second kappa shape index (κ2) is 5.10. The van der Waals surface area contributed by atoms with Crippen LogP contribution in [0.5, 0.6) is 0 Å². The number of nitrogens with zero attached hydrogens (tertiary/aromatic N) is 1. The average Bonchev–Trinajstić information content (AvgIpc) is 2.78. The number of rotatable bonds is 2.